The van der Waals surface area contributed by atoms with Crippen LogP contribution < -0.4 is 0 Å². The maximum atomic E-state index is 3.54. The topological polar surface area (TPSA) is 0 Å². The van der Waals surface area contributed by atoms with Crippen LogP contribution in [0.3, 0.4) is 0 Å². The molecule has 0 unspecified atom stereocenters. The minimum atomic E-state index is 0.174. The van der Waals surface area contributed by atoms with Crippen LogP contribution in [0.5, 0.6) is 0 Å². The van der Waals surface area contributed by atoms with Crippen LogP contribution in [0, 0.1) is 0 Å². The smallest absolute Gasteiger partial charge is 0.0382 e. The normalized spacial score (nSPS) is 14.1. The first-order valence-corrected chi connectivity index (χ1v) is 4.12. The maximum absolute atomic E-state index is 3.54. The first kappa shape index (κ1) is 9.22. The van der Waals surface area contributed by atoms with Gasteiger partial charge in [0.2, 0.25) is 0 Å². The van der Waals surface area contributed by atoms with Crippen molar-refractivity contribution in [2.24, 2.45) is 0 Å². The fourth-order valence-corrected chi connectivity index (χ4v) is 1.08. The maximum Gasteiger partial charge on any atom is 0.0382 e. The molecule has 0 saturated heterocycles. The average Bonchev–Trinajstić information content (AvgIpc) is 1.62. The Morgan fingerprint density at radius 2 is 2.00 bits per heavy atom. The Morgan fingerprint density at radius 3 is 2.11 bits per heavy atom. The van der Waals surface area contributed by atoms with E-state index in [1.165, 1.54) is 5.57 Å². The minimum Gasteiger partial charge on any atom is -0.0814 e. The van der Waals surface area contributed by atoms with Gasteiger partial charge in [0.15, 0.2) is 0 Å². The number of rotatable bonds is 2. The van der Waals surface area contributed by atoms with Gasteiger partial charge in [-0.3, -0.25) is 0 Å². The van der Waals surface area contributed by atoms with Gasteiger partial charge in [-0.05, 0) is 27.2 Å². The number of hydrogen-bond donors (Lipinski definition) is 0. The zero-order chi connectivity index (χ0) is 7.49. The van der Waals surface area contributed by atoms with Crippen LogP contribution in [0.4, 0.5) is 0 Å². The molecule has 0 spiro atoms. The molecule has 0 aromatic carbocycles. The van der Waals surface area contributed by atoms with Crippen molar-refractivity contribution in [1.29, 1.82) is 0 Å². The first-order chi connectivity index (χ1) is 3.95. The molecule has 1 heteroatoms. The van der Waals surface area contributed by atoms with E-state index in [-0.39, 0.29) is 4.32 Å². The average molecular weight is 191 g/mol. The van der Waals surface area contributed by atoms with E-state index in [1.807, 2.05) is 0 Å². The third-order valence-electron chi connectivity index (χ3n) is 1.15. The fraction of sp³-hybridized carbons (Fsp3) is 0.750. The highest BCUT2D eigenvalue weighted by atomic mass is 79.9. The Labute approximate surface area is 66.5 Å². The molecule has 9 heavy (non-hydrogen) atoms. The van der Waals surface area contributed by atoms with E-state index in [2.05, 4.69) is 49.7 Å². The molecule has 0 aliphatic rings. The second kappa shape index (κ2) is 3.40. The quantitative estimate of drug-likeness (QED) is 0.462. The summed E-state index contributed by atoms with van der Waals surface area (Å²) in [6.07, 6.45) is 3.39. The van der Waals surface area contributed by atoms with Gasteiger partial charge in [-0.15, -0.1) is 0 Å². The molecule has 0 aromatic rings. The lowest BCUT2D eigenvalue weighted by atomic mass is 10.1. The molecule has 0 N–H and O–H groups in total. The van der Waals surface area contributed by atoms with E-state index < -0.39 is 0 Å². The highest BCUT2D eigenvalue weighted by Gasteiger charge is 2.06. The van der Waals surface area contributed by atoms with Gasteiger partial charge in [0.1, 0.15) is 0 Å². The Bertz CT molecular complexity index is 106. The van der Waals surface area contributed by atoms with Gasteiger partial charge in [0.25, 0.3) is 0 Å². The van der Waals surface area contributed by atoms with Crippen LogP contribution in [-0.2, 0) is 0 Å². The summed E-state index contributed by atoms with van der Waals surface area (Å²) in [5.74, 6) is 0. The van der Waals surface area contributed by atoms with Gasteiger partial charge in [-0.2, -0.15) is 0 Å². The van der Waals surface area contributed by atoms with Crippen molar-refractivity contribution in [3.8, 4) is 0 Å². The minimum absolute atomic E-state index is 0.174. The molecule has 54 valence electrons. The monoisotopic (exact) mass is 190 g/mol. The van der Waals surface area contributed by atoms with Gasteiger partial charge in [0.05, 0.1) is 0 Å². The summed E-state index contributed by atoms with van der Waals surface area (Å²) in [6, 6.07) is 0. The lowest BCUT2D eigenvalue weighted by molar-refractivity contribution is 0.893. The molecule has 0 bridgehead atoms. The van der Waals surface area contributed by atoms with E-state index in [9.17, 15) is 0 Å². The Hall–Kier alpha value is 0.220. The van der Waals surface area contributed by atoms with Crippen molar-refractivity contribution in [3.63, 3.8) is 0 Å². The summed E-state index contributed by atoms with van der Waals surface area (Å²) in [5.41, 5.74) is 1.44. The van der Waals surface area contributed by atoms with E-state index in [1.54, 1.807) is 0 Å². The summed E-state index contributed by atoms with van der Waals surface area (Å²) in [6.45, 7) is 8.62. The second-order valence-corrected chi connectivity index (χ2v) is 4.95. The predicted molar refractivity (Wildman–Crippen MR) is 47.1 cm³/mol. The highest BCUT2D eigenvalue weighted by molar-refractivity contribution is 9.10. The zero-order valence-corrected chi connectivity index (χ0v) is 8.25. The van der Waals surface area contributed by atoms with Crippen LogP contribution >= 0.6 is 15.9 Å². The molecular weight excluding hydrogens is 176 g/mol. The third kappa shape index (κ3) is 6.10. The standard InChI is InChI=1S/C8H15Br/c1-5-7(2)6-8(3,4)9/h6H,5H2,1-4H3/b7-6+. The molecule has 0 heterocycles. The van der Waals surface area contributed by atoms with E-state index in [0.29, 0.717) is 0 Å². The highest BCUT2D eigenvalue weighted by Crippen LogP contribution is 2.19. The van der Waals surface area contributed by atoms with E-state index in [4.69, 9.17) is 0 Å². The summed E-state index contributed by atoms with van der Waals surface area (Å²) >= 11 is 3.54. The molecule has 0 aromatic heterocycles. The number of alkyl halides is 1. The molecule has 0 amide bonds. The summed E-state index contributed by atoms with van der Waals surface area (Å²) in [4.78, 5) is 0. The lowest BCUT2D eigenvalue weighted by Crippen LogP contribution is -2.04. The Balaban J connectivity index is 3.95. The molecule has 0 aliphatic carbocycles. The Kier molecular flexibility index (Phi) is 3.49. The molecule has 0 fully saturated rings. The molecule has 0 nitrogen and oxygen atoms in total. The fourth-order valence-electron chi connectivity index (χ4n) is 0.688. The largest absolute Gasteiger partial charge is 0.0814 e. The Morgan fingerprint density at radius 1 is 1.56 bits per heavy atom. The molecule has 0 radical (unpaired) electrons. The van der Waals surface area contributed by atoms with E-state index >= 15 is 0 Å². The number of hydrogen-bond acceptors (Lipinski definition) is 0. The zero-order valence-electron chi connectivity index (χ0n) is 6.66. The molecule has 0 atom stereocenters. The van der Waals surface area contributed by atoms with Gasteiger partial charge in [-0.1, -0.05) is 34.5 Å². The molecule has 0 aliphatic heterocycles. The lowest BCUT2D eigenvalue weighted by Gasteiger charge is -2.10. The molecular formula is C8H15Br. The van der Waals surface area contributed by atoms with Crippen molar-refractivity contribution < 1.29 is 0 Å². The summed E-state index contributed by atoms with van der Waals surface area (Å²) in [7, 11) is 0. The third-order valence-corrected chi connectivity index (χ3v) is 1.38. The first-order valence-electron chi connectivity index (χ1n) is 3.33. The van der Waals surface area contributed by atoms with Gasteiger partial charge in [0, 0.05) is 4.32 Å². The van der Waals surface area contributed by atoms with E-state index in [0.717, 1.165) is 6.42 Å². The molecule has 0 saturated carbocycles. The van der Waals surface area contributed by atoms with Crippen LogP contribution in [0.25, 0.3) is 0 Å². The van der Waals surface area contributed by atoms with Crippen molar-refractivity contribution >= 4 is 15.9 Å². The van der Waals surface area contributed by atoms with Gasteiger partial charge in [-0.25, -0.2) is 0 Å². The second-order valence-electron chi connectivity index (χ2n) is 2.91. The molecule has 0 rings (SSSR count). The van der Waals surface area contributed by atoms with Crippen LogP contribution in [0.15, 0.2) is 11.6 Å². The van der Waals surface area contributed by atoms with Crippen molar-refractivity contribution in [1.82, 2.24) is 0 Å². The van der Waals surface area contributed by atoms with Gasteiger partial charge >= 0.3 is 0 Å². The van der Waals surface area contributed by atoms with Gasteiger partial charge < -0.3 is 0 Å². The summed E-state index contributed by atoms with van der Waals surface area (Å²) in [5, 5.41) is 0. The number of halogens is 1. The number of allylic oxidation sites excluding steroid dienone is 2. The SMILES string of the molecule is CC/C(C)=C/C(C)(C)Br. The predicted octanol–water partition coefficient (Wildman–Crippen LogP) is 3.52. The summed E-state index contributed by atoms with van der Waals surface area (Å²) < 4.78 is 0.174. The van der Waals surface area contributed by atoms with Crippen LogP contribution in [-0.4, -0.2) is 4.32 Å². The van der Waals surface area contributed by atoms with Crippen molar-refractivity contribution in [2.45, 2.75) is 38.4 Å². The van der Waals surface area contributed by atoms with Crippen molar-refractivity contribution in [2.75, 3.05) is 0 Å². The van der Waals surface area contributed by atoms with Crippen LogP contribution in [0.1, 0.15) is 34.1 Å². The van der Waals surface area contributed by atoms with Crippen LogP contribution in [0.2, 0.25) is 0 Å². The van der Waals surface area contributed by atoms with Crippen molar-refractivity contribution in [3.05, 3.63) is 11.6 Å².